The highest BCUT2D eigenvalue weighted by Crippen LogP contribution is 2.36. The molecule has 2 aromatic rings. The van der Waals surface area contributed by atoms with E-state index < -0.39 is 6.30 Å². The summed E-state index contributed by atoms with van der Waals surface area (Å²) in [4.78, 5) is 6.13. The summed E-state index contributed by atoms with van der Waals surface area (Å²) in [5.41, 5.74) is 10.1. The normalized spacial score (nSPS) is 16.4. The van der Waals surface area contributed by atoms with E-state index >= 15 is 0 Å². The maximum atomic E-state index is 13.0. The van der Waals surface area contributed by atoms with Gasteiger partial charge in [-0.3, -0.25) is 15.3 Å². The number of aromatic nitrogens is 1. The van der Waals surface area contributed by atoms with E-state index in [0.717, 1.165) is 17.5 Å². The van der Waals surface area contributed by atoms with Crippen molar-refractivity contribution in [3.8, 4) is 0 Å². The minimum atomic E-state index is -4.40. The highest BCUT2D eigenvalue weighted by molar-refractivity contribution is 6.14. The number of nitrogens with two attached hydrogens (primary N) is 1. The van der Waals surface area contributed by atoms with Gasteiger partial charge >= 0.3 is 6.30 Å². The lowest BCUT2D eigenvalue weighted by Crippen LogP contribution is -2.31. The van der Waals surface area contributed by atoms with Crippen LogP contribution in [-0.4, -0.2) is 33.3 Å². The van der Waals surface area contributed by atoms with Crippen molar-refractivity contribution in [3.63, 3.8) is 0 Å². The van der Waals surface area contributed by atoms with Crippen LogP contribution in [0.15, 0.2) is 61.0 Å². The number of nitrogens with one attached hydrogen (secondary N) is 2. The lowest BCUT2D eigenvalue weighted by Gasteiger charge is -2.34. The fourth-order valence-corrected chi connectivity index (χ4v) is 3.50. The van der Waals surface area contributed by atoms with Crippen LogP contribution in [0.3, 0.4) is 0 Å². The van der Waals surface area contributed by atoms with Gasteiger partial charge in [-0.1, -0.05) is 6.58 Å². The third kappa shape index (κ3) is 3.51. The molecule has 150 valence electrons. The van der Waals surface area contributed by atoms with Crippen LogP contribution in [0.5, 0.6) is 0 Å². The van der Waals surface area contributed by atoms with Crippen LogP contribution in [0.4, 0.5) is 24.5 Å². The van der Waals surface area contributed by atoms with Crippen molar-refractivity contribution in [3.05, 3.63) is 77.6 Å². The van der Waals surface area contributed by atoms with Gasteiger partial charge < -0.3 is 16.0 Å². The third-order valence-corrected chi connectivity index (χ3v) is 5.01. The second-order valence-corrected chi connectivity index (χ2v) is 6.90. The SMILES string of the molecule is C=C1Nc2cc(N)c(C(=N)c3cccnc3)cc2CN1C1=CN(C(F)(F)F)CC1. The standard InChI is InChI=1S/C20H19F3N6/c1-12-27-18-8-17(24)16(19(25)13-3-2-5-26-9-13)7-14(18)10-29(12)15-4-6-28(11-15)20(21,22)23/h2-3,5,7-9,11,25,27H,1,4,6,10,24H2. The van der Waals surface area contributed by atoms with Crippen LogP contribution in [-0.2, 0) is 6.54 Å². The number of rotatable bonds is 3. The van der Waals surface area contributed by atoms with Crippen molar-refractivity contribution >= 4 is 17.1 Å². The molecule has 0 fully saturated rings. The molecule has 0 spiro atoms. The smallest absolute Gasteiger partial charge is 0.398 e. The Kier molecular flexibility index (Phi) is 4.45. The molecular formula is C20H19F3N6. The molecule has 0 saturated carbocycles. The topological polar surface area (TPSA) is 81.3 Å². The molecule has 1 aromatic heterocycles. The summed E-state index contributed by atoms with van der Waals surface area (Å²) < 4.78 is 38.9. The largest absolute Gasteiger partial charge is 0.484 e. The van der Waals surface area contributed by atoms with E-state index in [9.17, 15) is 13.2 Å². The summed E-state index contributed by atoms with van der Waals surface area (Å²) in [5.74, 6) is 0.488. The number of anilines is 2. The first-order chi connectivity index (χ1) is 13.7. The fraction of sp³-hybridized carbons (Fsp3) is 0.200. The Hall–Kier alpha value is -3.49. The quantitative estimate of drug-likeness (QED) is 0.414. The molecule has 6 nitrogen and oxygen atoms in total. The average molecular weight is 400 g/mol. The van der Waals surface area contributed by atoms with Gasteiger partial charge in [-0.25, -0.2) is 0 Å². The predicted octanol–water partition coefficient (Wildman–Crippen LogP) is 3.85. The molecule has 0 bridgehead atoms. The molecule has 4 rings (SSSR count). The molecule has 0 aliphatic carbocycles. The number of nitrogen functional groups attached to an aromatic ring is 1. The maximum absolute atomic E-state index is 13.0. The number of hydrogen-bond acceptors (Lipinski definition) is 6. The van der Waals surface area contributed by atoms with Crippen molar-refractivity contribution in [1.29, 1.82) is 5.41 Å². The first-order valence-corrected chi connectivity index (χ1v) is 8.93. The van der Waals surface area contributed by atoms with Crippen LogP contribution >= 0.6 is 0 Å². The van der Waals surface area contributed by atoms with Crippen molar-refractivity contribution in [2.75, 3.05) is 17.6 Å². The first-order valence-electron chi connectivity index (χ1n) is 8.93. The van der Waals surface area contributed by atoms with Crippen LogP contribution in [0.25, 0.3) is 0 Å². The van der Waals surface area contributed by atoms with E-state index in [2.05, 4.69) is 16.9 Å². The van der Waals surface area contributed by atoms with Gasteiger partial charge in [0.05, 0.1) is 12.3 Å². The molecule has 9 heteroatoms. The minimum absolute atomic E-state index is 0.117. The molecule has 29 heavy (non-hydrogen) atoms. The van der Waals surface area contributed by atoms with E-state index in [1.807, 2.05) is 0 Å². The molecule has 0 amide bonds. The second kappa shape index (κ2) is 6.84. The zero-order valence-corrected chi connectivity index (χ0v) is 15.4. The molecule has 2 aliphatic heterocycles. The molecular weight excluding hydrogens is 381 g/mol. The summed E-state index contributed by atoms with van der Waals surface area (Å²) in [5, 5.41) is 11.6. The molecule has 4 N–H and O–H groups in total. The van der Waals surface area contributed by atoms with Gasteiger partial charge in [0.25, 0.3) is 0 Å². The summed E-state index contributed by atoms with van der Waals surface area (Å²) >= 11 is 0. The van der Waals surface area contributed by atoms with E-state index in [0.29, 0.717) is 39.8 Å². The third-order valence-electron chi connectivity index (χ3n) is 5.01. The van der Waals surface area contributed by atoms with Crippen molar-refractivity contribution in [1.82, 2.24) is 14.8 Å². The van der Waals surface area contributed by atoms with Gasteiger partial charge in [-0.2, -0.15) is 13.2 Å². The average Bonchev–Trinajstić information content (AvgIpc) is 3.18. The molecule has 0 atom stereocenters. The van der Waals surface area contributed by atoms with Crippen molar-refractivity contribution in [2.45, 2.75) is 19.3 Å². The zero-order chi connectivity index (χ0) is 20.8. The van der Waals surface area contributed by atoms with Crippen LogP contribution < -0.4 is 11.1 Å². The second-order valence-electron chi connectivity index (χ2n) is 6.90. The van der Waals surface area contributed by atoms with E-state index in [1.54, 1.807) is 41.6 Å². The molecule has 0 saturated heterocycles. The maximum Gasteiger partial charge on any atom is 0.484 e. The Morgan fingerprint density at radius 3 is 2.76 bits per heavy atom. The fourth-order valence-electron chi connectivity index (χ4n) is 3.50. The zero-order valence-electron chi connectivity index (χ0n) is 15.4. The highest BCUT2D eigenvalue weighted by atomic mass is 19.4. The minimum Gasteiger partial charge on any atom is -0.398 e. The van der Waals surface area contributed by atoms with Crippen LogP contribution in [0.1, 0.15) is 23.1 Å². The number of alkyl halides is 3. The summed E-state index contributed by atoms with van der Waals surface area (Å²) in [6.45, 7) is 4.17. The molecule has 0 unspecified atom stereocenters. The van der Waals surface area contributed by atoms with Crippen LogP contribution in [0.2, 0.25) is 0 Å². The molecule has 3 heterocycles. The first kappa shape index (κ1) is 18.9. The van der Waals surface area contributed by atoms with Gasteiger partial charge in [0.15, 0.2) is 0 Å². The Labute approximate surface area is 165 Å². The Morgan fingerprint density at radius 1 is 1.31 bits per heavy atom. The van der Waals surface area contributed by atoms with Gasteiger partial charge in [-0.05, 0) is 29.8 Å². The number of pyridine rings is 1. The molecule has 2 aliphatic rings. The summed E-state index contributed by atoms with van der Waals surface area (Å²) in [6, 6.07) is 7.03. The van der Waals surface area contributed by atoms with Gasteiger partial charge in [0.2, 0.25) is 0 Å². The summed E-state index contributed by atoms with van der Waals surface area (Å²) in [6.07, 6.45) is 0.198. The summed E-state index contributed by atoms with van der Waals surface area (Å²) in [7, 11) is 0. The number of fused-ring (bicyclic) bond motifs is 1. The van der Waals surface area contributed by atoms with Crippen molar-refractivity contribution < 1.29 is 13.2 Å². The lowest BCUT2D eigenvalue weighted by atomic mass is 9.97. The Bertz CT molecular complexity index is 1010. The number of hydrogen-bond donors (Lipinski definition) is 3. The van der Waals surface area contributed by atoms with Gasteiger partial charge in [0, 0.05) is 59.8 Å². The molecule has 1 aromatic carbocycles. The monoisotopic (exact) mass is 400 g/mol. The van der Waals surface area contributed by atoms with E-state index in [1.165, 1.54) is 0 Å². The number of nitrogens with zero attached hydrogens (tertiary/aromatic N) is 3. The Morgan fingerprint density at radius 2 is 2.10 bits per heavy atom. The highest BCUT2D eigenvalue weighted by Gasteiger charge is 2.39. The van der Waals surface area contributed by atoms with E-state index in [-0.39, 0.29) is 18.7 Å². The van der Waals surface area contributed by atoms with Crippen LogP contribution in [0, 0.1) is 5.41 Å². The van der Waals surface area contributed by atoms with E-state index in [4.69, 9.17) is 11.1 Å². The van der Waals surface area contributed by atoms with Crippen molar-refractivity contribution in [2.24, 2.45) is 0 Å². The molecule has 0 radical (unpaired) electrons. The number of benzene rings is 1. The predicted molar refractivity (Wildman–Crippen MR) is 105 cm³/mol. The van der Waals surface area contributed by atoms with Gasteiger partial charge in [-0.15, -0.1) is 0 Å². The Balaban J connectivity index is 1.65. The number of halogens is 3. The lowest BCUT2D eigenvalue weighted by molar-refractivity contribution is -0.224. The van der Waals surface area contributed by atoms with Gasteiger partial charge in [0.1, 0.15) is 5.82 Å².